The number of nitrogens with one attached hydrogen (secondary N) is 1. The number of nitrogens with zero attached hydrogens (tertiary/aromatic N) is 1. The van der Waals surface area contributed by atoms with E-state index in [0.717, 1.165) is 10.2 Å². The van der Waals surface area contributed by atoms with Gasteiger partial charge < -0.3 is 10.2 Å². The highest BCUT2D eigenvalue weighted by Crippen LogP contribution is 2.31. The van der Waals surface area contributed by atoms with Crippen LogP contribution in [0.4, 0.5) is 11.4 Å². The van der Waals surface area contributed by atoms with Crippen molar-refractivity contribution in [2.24, 2.45) is 0 Å². The Morgan fingerprint density at radius 1 is 1.28 bits per heavy atom. The maximum atomic E-state index is 3.57. The summed E-state index contributed by atoms with van der Waals surface area (Å²) in [5.41, 5.74) is 2.34. The maximum absolute atomic E-state index is 3.57. The Labute approximate surface area is 121 Å². The van der Waals surface area contributed by atoms with E-state index < -0.39 is 0 Å². The molecular weight excluding hydrogens is 308 g/mol. The first-order valence-electron chi connectivity index (χ1n) is 5.84. The number of thiophene rings is 1. The number of rotatable bonds is 4. The van der Waals surface area contributed by atoms with Gasteiger partial charge in [-0.05, 0) is 36.6 Å². The monoisotopic (exact) mass is 324 g/mol. The molecule has 1 aromatic carbocycles. The number of benzene rings is 1. The molecule has 1 unspecified atom stereocenters. The molecule has 0 fully saturated rings. The number of hydrogen-bond acceptors (Lipinski definition) is 3. The summed E-state index contributed by atoms with van der Waals surface area (Å²) in [7, 11) is 4.12. The van der Waals surface area contributed by atoms with E-state index in [0.29, 0.717) is 6.04 Å². The highest BCUT2D eigenvalue weighted by atomic mass is 79.9. The third-order valence-corrected chi connectivity index (χ3v) is 4.33. The highest BCUT2D eigenvalue weighted by Gasteiger charge is 2.10. The summed E-state index contributed by atoms with van der Waals surface area (Å²) in [5, 5.41) is 5.69. The average Bonchev–Trinajstić information content (AvgIpc) is 2.81. The first kappa shape index (κ1) is 13.4. The maximum Gasteiger partial charge on any atom is 0.0597 e. The van der Waals surface area contributed by atoms with Crippen molar-refractivity contribution in [1.82, 2.24) is 0 Å². The van der Waals surface area contributed by atoms with Gasteiger partial charge in [0.15, 0.2) is 0 Å². The average molecular weight is 325 g/mol. The largest absolute Gasteiger partial charge is 0.376 e. The van der Waals surface area contributed by atoms with Gasteiger partial charge in [0.25, 0.3) is 0 Å². The molecule has 1 aromatic heterocycles. The van der Waals surface area contributed by atoms with Crippen molar-refractivity contribution in [3.63, 3.8) is 0 Å². The van der Waals surface area contributed by atoms with Crippen LogP contribution >= 0.6 is 27.3 Å². The molecule has 18 heavy (non-hydrogen) atoms. The van der Waals surface area contributed by atoms with Crippen LogP contribution in [-0.4, -0.2) is 14.1 Å². The fourth-order valence-corrected chi connectivity index (χ4v) is 2.95. The first-order valence-corrected chi connectivity index (χ1v) is 7.52. The Morgan fingerprint density at radius 3 is 2.67 bits per heavy atom. The van der Waals surface area contributed by atoms with Gasteiger partial charge >= 0.3 is 0 Å². The zero-order valence-corrected chi connectivity index (χ0v) is 13.2. The minimum atomic E-state index is 0.318. The lowest BCUT2D eigenvalue weighted by molar-refractivity contribution is 0.905. The normalized spacial score (nSPS) is 12.2. The van der Waals surface area contributed by atoms with Gasteiger partial charge in [0.1, 0.15) is 0 Å². The van der Waals surface area contributed by atoms with Crippen molar-refractivity contribution in [3.8, 4) is 0 Å². The molecule has 0 saturated heterocycles. The zero-order valence-electron chi connectivity index (χ0n) is 10.8. The van der Waals surface area contributed by atoms with Crippen LogP contribution in [0.3, 0.4) is 0 Å². The van der Waals surface area contributed by atoms with E-state index in [1.54, 1.807) is 11.3 Å². The summed E-state index contributed by atoms with van der Waals surface area (Å²) in [4.78, 5) is 3.47. The molecule has 0 amide bonds. The first-order chi connectivity index (χ1) is 8.58. The predicted octanol–water partition coefficient (Wildman–Crippen LogP) is 4.75. The Hall–Kier alpha value is -1.00. The lowest BCUT2D eigenvalue weighted by Gasteiger charge is -2.21. The van der Waals surface area contributed by atoms with Gasteiger partial charge in [-0.15, -0.1) is 11.3 Å². The molecule has 96 valence electrons. The molecular formula is C14H17BrN2S. The smallest absolute Gasteiger partial charge is 0.0597 e. The molecule has 0 bridgehead atoms. The lowest BCUT2D eigenvalue weighted by Crippen LogP contribution is -2.13. The fraction of sp³-hybridized carbons (Fsp3) is 0.286. The number of anilines is 2. The topological polar surface area (TPSA) is 15.3 Å². The lowest BCUT2D eigenvalue weighted by atomic mass is 10.2. The highest BCUT2D eigenvalue weighted by molar-refractivity contribution is 9.10. The van der Waals surface area contributed by atoms with E-state index in [1.165, 1.54) is 10.6 Å². The van der Waals surface area contributed by atoms with Crippen molar-refractivity contribution in [1.29, 1.82) is 0 Å². The molecule has 2 nitrogen and oxygen atoms in total. The quantitative estimate of drug-likeness (QED) is 0.873. The minimum absolute atomic E-state index is 0.318. The van der Waals surface area contributed by atoms with Crippen molar-refractivity contribution < 1.29 is 0 Å². The molecule has 2 rings (SSSR count). The molecule has 0 aliphatic rings. The predicted molar refractivity (Wildman–Crippen MR) is 84.8 cm³/mol. The summed E-state index contributed by atoms with van der Waals surface area (Å²) in [6.07, 6.45) is 0. The van der Waals surface area contributed by atoms with E-state index in [2.05, 4.69) is 82.9 Å². The molecule has 4 heteroatoms. The van der Waals surface area contributed by atoms with E-state index in [1.807, 2.05) is 0 Å². The van der Waals surface area contributed by atoms with E-state index in [9.17, 15) is 0 Å². The Kier molecular flexibility index (Phi) is 4.30. The molecule has 0 saturated carbocycles. The molecule has 1 N–H and O–H groups in total. The van der Waals surface area contributed by atoms with Crippen LogP contribution in [0.2, 0.25) is 0 Å². The third kappa shape index (κ3) is 3.06. The molecule has 0 radical (unpaired) electrons. The molecule has 0 spiro atoms. The van der Waals surface area contributed by atoms with Crippen LogP contribution in [-0.2, 0) is 0 Å². The van der Waals surface area contributed by atoms with Crippen LogP contribution in [0.1, 0.15) is 17.8 Å². The number of halogens is 1. The fourth-order valence-electron chi connectivity index (χ4n) is 1.86. The van der Waals surface area contributed by atoms with E-state index in [4.69, 9.17) is 0 Å². The molecule has 1 heterocycles. The molecule has 1 atom stereocenters. The minimum Gasteiger partial charge on any atom is -0.376 e. The van der Waals surface area contributed by atoms with Gasteiger partial charge in [0, 0.05) is 23.4 Å². The van der Waals surface area contributed by atoms with E-state index >= 15 is 0 Å². The standard InChI is InChI=1S/C14H17BrN2S/c1-10(14-5-4-8-18-14)16-12-9-11(15)6-7-13(12)17(2)3/h4-10,16H,1-3H3. The molecule has 0 aliphatic carbocycles. The third-order valence-electron chi connectivity index (χ3n) is 2.78. The van der Waals surface area contributed by atoms with Gasteiger partial charge in [-0.3, -0.25) is 0 Å². The van der Waals surface area contributed by atoms with Crippen molar-refractivity contribution in [3.05, 3.63) is 45.1 Å². The van der Waals surface area contributed by atoms with Crippen LogP contribution in [0.5, 0.6) is 0 Å². The van der Waals surface area contributed by atoms with E-state index in [-0.39, 0.29) is 0 Å². The van der Waals surface area contributed by atoms with Crippen molar-refractivity contribution >= 4 is 38.6 Å². The SMILES string of the molecule is CC(Nc1cc(Br)ccc1N(C)C)c1cccs1. The van der Waals surface area contributed by atoms with Gasteiger partial charge in [0.05, 0.1) is 17.4 Å². The summed E-state index contributed by atoms with van der Waals surface area (Å²) in [6.45, 7) is 2.19. The summed E-state index contributed by atoms with van der Waals surface area (Å²) in [6, 6.07) is 10.9. The second-order valence-electron chi connectivity index (χ2n) is 4.44. The van der Waals surface area contributed by atoms with Gasteiger partial charge in [-0.1, -0.05) is 22.0 Å². The summed E-state index contributed by atoms with van der Waals surface area (Å²) in [5.74, 6) is 0. The Bertz CT molecular complexity index is 509. The van der Waals surface area contributed by atoms with Crippen molar-refractivity contribution in [2.45, 2.75) is 13.0 Å². The second-order valence-corrected chi connectivity index (χ2v) is 6.33. The summed E-state index contributed by atoms with van der Waals surface area (Å²) < 4.78 is 1.09. The second kappa shape index (κ2) is 5.76. The van der Waals surface area contributed by atoms with Crippen LogP contribution < -0.4 is 10.2 Å². The Morgan fingerprint density at radius 2 is 2.06 bits per heavy atom. The van der Waals surface area contributed by atoms with Crippen LogP contribution in [0.15, 0.2) is 40.2 Å². The Balaban J connectivity index is 2.25. The van der Waals surface area contributed by atoms with Crippen LogP contribution in [0, 0.1) is 0 Å². The van der Waals surface area contributed by atoms with Gasteiger partial charge in [-0.25, -0.2) is 0 Å². The number of hydrogen-bond donors (Lipinski definition) is 1. The zero-order chi connectivity index (χ0) is 13.1. The summed E-state index contributed by atoms with van der Waals surface area (Å²) >= 11 is 5.31. The van der Waals surface area contributed by atoms with Gasteiger partial charge in [0.2, 0.25) is 0 Å². The molecule has 2 aromatic rings. The van der Waals surface area contributed by atoms with Crippen molar-refractivity contribution in [2.75, 3.05) is 24.3 Å². The van der Waals surface area contributed by atoms with Crippen LogP contribution in [0.25, 0.3) is 0 Å². The van der Waals surface area contributed by atoms with Gasteiger partial charge in [-0.2, -0.15) is 0 Å². The molecule has 0 aliphatic heterocycles.